The molecule has 5 aromatic rings. The lowest BCUT2D eigenvalue weighted by atomic mass is 9.98. The molecule has 14 nitrogen and oxygen atoms in total. The molecule has 56 heavy (non-hydrogen) atoms. The van der Waals surface area contributed by atoms with Crippen LogP contribution in [0.4, 0.5) is 20.6 Å². The maximum atomic E-state index is 17.1. The van der Waals surface area contributed by atoms with Gasteiger partial charge in [-0.3, -0.25) is 19.5 Å². The fourth-order valence-corrected chi connectivity index (χ4v) is 8.02. The Morgan fingerprint density at radius 1 is 1.14 bits per heavy atom. The number of aliphatic hydroxyl groups is 1. The Hall–Kier alpha value is -5.41. The van der Waals surface area contributed by atoms with Crippen molar-refractivity contribution in [3.63, 3.8) is 0 Å². The molecule has 1 N–H and O–H groups in total. The molecular formula is C41H48FN7O7. The lowest BCUT2D eigenvalue weighted by molar-refractivity contribution is -0.385. The van der Waals surface area contributed by atoms with E-state index in [1.807, 2.05) is 45.0 Å². The molecule has 2 aliphatic heterocycles. The number of rotatable bonds is 7. The van der Waals surface area contributed by atoms with E-state index in [9.17, 15) is 24.8 Å². The van der Waals surface area contributed by atoms with Crippen LogP contribution >= 0.6 is 0 Å². The summed E-state index contributed by atoms with van der Waals surface area (Å²) < 4.78 is 31.7. The maximum absolute atomic E-state index is 17.1. The number of amides is 1. The molecule has 3 atom stereocenters. The summed E-state index contributed by atoms with van der Waals surface area (Å²) in [6.45, 7) is 12.7. The molecule has 0 bridgehead atoms. The molecule has 2 aromatic carbocycles. The Morgan fingerprint density at radius 3 is 2.55 bits per heavy atom. The molecule has 15 heteroatoms. The fraction of sp³-hybridized carbons (Fsp3) is 0.463. The highest BCUT2D eigenvalue weighted by Crippen LogP contribution is 2.42. The van der Waals surface area contributed by atoms with Crippen LogP contribution < -0.4 is 10.5 Å². The van der Waals surface area contributed by atoms with Crippen molar-refractivity contribution in [1.82, 2.24) is 24.2 Å². The van der Waals surface area contributed by atoms with Crippen LogP contribution in [0.15, 0.2) is 53.5 Å². The van der Waals surface area contributed by atoms with Crippen LogP contribution in [0.3, 0.4) is 0 Å². The summed E-state index contributed by atoms with van der Waals surface area (Å²) >= 11 is 0. The number of carbonyl (C=O) groups is 1. The number of carbonyl (C=O) groups excluding carboxylic acids is 1. The number of aromatic nitrogens is 4. The zero-order valence-electron chi connectivity index (χ0n) is 32.8. The molecular weight excluding hydrogens is 721 g/mol. The Labute approximate surface area is 323 Å². The minimum absolute atomic E-state index is 0.00146. The van der Waals surface area contributed by atoms with Crippen molar-refractivity contribution >= 4 is 39.4 Å². The first kappa shape index (κ1) is 38.8. The van der Waals surface area contributed by atoms with Crippen LogP contribution in [0, 0.1) is 22.9 Å². The van der Waals surface area contributed by atoms with Crippen LogP contribution in [0.2, 0.25) is 0 Å². The largest absolute Gasteiger partial charge is 0.444 e. The third-order valence-corrected chi connectivity index (χ3v) is 10.7. The van der Waals surface area contributed by atoms with Crippen molar-refractivity contribution in [2.75, 3.05) is 31.2 Å². The number of hydrogen-bond acceptors (Lipinski definition) is 10. The van der Waals surface area contributed by atoms with Gasteiger partial charge in [-0.1, -0.05) is 38.1 Å². The van der Waals surface area contributed by atoms with Crippen LogP contribution in [-0.4, -0.2) is 84.3 Å². The summed E-state index contributed by atoms with van der Waals surface area (Å²) in [4.78, 5) is 48.4. The topological polar surface area (TPSA) is 158 Å². The van der Waals surface area contributed by atoms with Crippen molar-refractivity contribution in [3.8, 4) is 16.9 Å². The Morgan fingerprint density at radius 2 is 1.89 bits per heavy atom. The third-order valence-electron chi connectivity index (χ3n) is 10.7. The highest BCUT2D eigenvalue weighted by molar-refractivity contribution is 6.00. The van der Waals surface area contributed by atoms with E-state index in [2.05, 4.69) is 5.10 Å². The number of aliphatic hydroxyl groups excluding tert-OH is 1. The first-order valence-electron chi connectivity index (χ1n) is 19.1. The number of benzene rings is 2. The molecule has 2 fully saturated rings. The molecule has 1 unspecified atom stereocenters. The summed E-state index contributed by atoms with van der Waals surface area (Å²) in [5.41, 5.74) is 0.208. The molecule has 7 rings (SSSR count). The Bertz CT molecular complexity index is 2400. The Balaban J connectivity index is 1.51. The molecule has 3 aromatic heterocycles. The second-order valence-corrected chi connectivity index (χ2v) is 16.1. The van der Waals surface area contributed by atoms with Gasteiger partial charge in [-0.15, -0.1) is 0 Å². The van der Waals surface area contributed by atoms with E-state index < -0.39 is 52.4 Å². The summed E-state index contributed by atoms with van der Waals surface area (Å²) in [5.74, 6) is -0.871. The van der Waals surface area contributed by atoms with Gasteiger partial charge in [0.1, 0.15) is 22.8 Å². The van der Waals surface area contributed by atoms with Gasteiger partial charge in [-0.25, -0.2) is 18.9 Å². The van der Waals surface area contributed by atoms with Gasteiger partial charge < -0.3 is 24.4 Å². The molecule has 0 spiro atoms. The lowest BCUT2D eigenvalue weighted by Crippen LogP contribution is -2.61. The predicted octanol–water partition coefficient (Wildman–Crippen LogP) is 7.39. The zero-order chi connectivity index (χ0) is 40.2. The van der Waals surface area contributed by atoms with Gasteiger partial charge in [0, 0.05) is 36.7 Å². The SMILES string of the molecule is Cc1ccc2c(cnn2C2CCCCO2)c1-c1nc2c(cc1F)c(N1C[C@@H](C)N(C(=O)OC(C)(C)C)C[C@@H]1CO)c([N+](=O)[O-])c(=O)n2-c1ccccc1C(C)C. The third kappa shape index (κ3) is 6.87. The predicted molar refractivity (Wildman–Crippen MR) is 211 cm³/mol. The second kappa shape index (κ2) is 14.9. The molecule has 5 heterocycles. The van der Waals surface area contributed by atoms with Crippen molar-refractivity contribution in [2.45, 2.75) is 97.6 Å². The van der Waals surface area contributed by atoms with E-state index in [1.165, 1.54) is 20.4 Å². The van der Waals surface area contributed by atoms with Gasteiger partial charge in [0.05, 0.1) is 40.4 Å². The lowest BCUT2D eigenvalue weighted by Gasteiger charge is -2.45. The van der Waals surface area contributed by atoms with Gasteiger partial charge in [0.25, 0.3) is 0 Å². The molecule has 2 aliphatic rings. The van der Waals surface area contributed by atoms with Crippen molar-refractivity contribution in [3.05, 3.63) is 86.1 Å². The number of nitrogens with zero attached hydrogens (tertiary/aromatic N) is 7. The highest BCUT2D eigenvalue weighted by Gasteiger charge is 2.41. The van der Waals surface area contributed by atoms with Gasteiger partial charge >= 0.3 is 17.3 Å². The number of halogens is 1. The van der Waals surface area contributed by atoms with Crippen LogP contribution in [-0.2, 0) is 9.47 Å². The Kier molecular flexibility index (Phi) is 10.3. The van der Waals surface area contributed by atoms with Gasteiger partial charge in [0.15, 0.2) is 11.9 Å². The maximum Gasteiger partial charge on any atom is 0.410 e. The van der Waals surface area contributed by atoms with Crippen molar-refractivity contribution < 1.29 is 28.7 Å². The molecule has 1 amide bonds. The zero-order valence-corrected chi connectivity index (χ0v) is 32.8. The number of piperazine rings is 1. The van der Waals surface area contributed by atoms with Gasteiger partial charge in [-0.2, -0.15) is 5.10 Å². The molecule has 0 radical (unpaired) electrons. The fourth-order valence-electron chi connectivity index (χ4n) is 8.02. The standard InChI is InChI=1S/C41H48FN7O7/c1-23(2)27-12-8-9-13-31(27)47-38-28(18-30(42)35(44-38)34-24(3)15-16-32-29(34)19-43-48(32)33-14-10-11-17-55-33)36(37(39(47)51)49(53)54)46-20-25(4)45(21-26(46)22-50)40(52)56-41(5,6)7/h8-9,12-13,15-16,18-19,23,25-26,33,50H,10-11,14,17,20-22H2,1-7H3/t25-,26-,33?/m1/s1. The normalized spacial score (nSPS) is 19.3. The molecule has 296 valence electrons. The average molecular weight is 770 g/mol. The van der Waals surface area contributed by atoms with Crippen molar-refractivity contribution in [1.29, 1.82) is 0 Å². The van der Waals surface area contributed by atoms with Crippen molar-refractivity contribution in [2.24, 2.45) is 0 Å². The number of hydrogen-bond donors (Lipinski definition) is 1. The number of anilines is 1. The second-order valence-electron chi connectivity index (χ2n) is 16.1. The molecule has 0 saturated carbocycles. The van der Waals surface area contributed by atoms with Gasteiger partial charge in [-0.05, 0) is 89.1 Å². The highest BCUT2D eigenvalue weighted by atomic mass is 19.1. The summed E-state index contributed by atoms with van der Waals surface area (Å²) in [6.07, 6.45) is 3.52. The number of para-hydroxylation sites is 1. The van der Waals surface area contributed by atoms with Crippen LogP contribution in [0.5, 0.6) is 0 Å². The average Bonchev–Trinajstić information content (AvgIpc) is 3.58. The van der Waals surface area contributed by atoms with Crippen LogP contribution in [0.1, 0.15) is 84.1 Å². The smallest absolute Gasteiger partial charge is 0.410 e. The summed E-state index contributed by atoms with van der Waals surface area (Å²) in [7, 11) is 0. The molecule has 0 aliphatic carbocycles. The van der Waals surface area contributed by atoms with Gasteiger partial charge in [0.2, 0.25) is 0 Å². The van der Waals surface area contributed by atoms with E-state index in [0.717, 1.165) is 30.3 Å². The number of nitro groups is 1. The first-order chi connectivity index (χ1) is 26.6. The minimum Gasteiger partial charge on any atom is -0.444 e. The quantitative estimate of drug-likeness (QED) is 0.131. The van der Waals surface area contributed by atoms with E-state index in [1.54, 1.807) is 50.7 Å². The number of aryl methyl sites for hydroxylation is 1. The van der Waals surface area contributed by atoms with E-state index in [0.29, 0.717) is 28.8 Å². The summed E-state index contributed by atoms with van der Waals surface area (Å²) in [5, 5.41) is 29.2. The number of pyridine rings is 2. The van der Waals surface area contributed by atoms with E-state index in [4.69, 9.17) is 14.5 Å². The van der Waals surface area contributed by atoms with E-state index >= 15 is 4.39 Å². The minimum atomic E-state index is -0.966. The van der Waals surface area contributed by atoms with Crippen LogP contribution in [0.25, 0.3) is 38.9 Å². The number of fused-ring (bicyclic) bond motifs is 2. The first-order valence-corrected chi connectivity index (χ1v) is 19.1. The number of ether oxygens (including phenoxy) is 2. The summed E-state index contributed by atoms with van der Waals surface area (Å²) in [6, 6.07) is 10.6. The van der Waals surface area contributed by atoms with E-state index in [-0.39, 0.29) is 47.7 Å². The monoisotopic (exact) mass is 769 g/mol. The molecule has 2 saturated heterocycles.